The summed E-state index contributed by atoms with van der Waals surface area (Å²) in [5.41, 5.74) is 5.29. The molecule has 0 atom stereocenters. The van der Waals surface area contributed by atoms with E-state index in [9.17, 15) is 13.2 Å². The van der Waals surface area contributed by atoms with E-state index in [1.165, 1.54) is 13.0 Å². The zero-order valence-corrected chi connectivity index (χ0v) is 8.58. The maximum Gasteiger partial charge on any atom is 0.335 e. The fourth-order valence-electron chi connectivity index (χ4n) is 1.10. The predicted octanol–water partition coefficient (Wildman–Crippen LogP) is 0.522. The molecule has 7 heteroatoms. The van der Waals surface area contributed by atoms with Crippen LogP contribution in [0.15, 0.2) is 17.0 Å². The summed E-state index contributed by atoms with van der Waals surface area (Å²) < 4.78 is 30.5. The average molecular weight is 231 g/mol. The summed E-state index contributed by atoms with van der Waals surface area (Å²) >= 11 is 0. The first-order chi connectivity index (χ1) is 6.73. The summed E-state index contributed by atoms with van der Waals surface area (Å²) in [7, 11) is -4.50. The van der Waals surface area contributed by atoms with Crippen molar-refractivity contribution in [1.29, 1.82) is 0 Å². The van der Waals surface area contributed by atoms with Gasteiger partial charge in [0.1, 0.15) is 4.90 Å². The van der Waals surface area contributed by atoms with Crippen LogP contribution >= 0.6 is 0 Å². The van der Waals surface area contributed by atoms with Gasteiger partial charge in [0.05, 0.1) is 11.3 Å². The normalized spacial score (nSPS) is 11.3. The molecule has 0 aliphatic heterocycles. The molecule has 4 N–H and O–H groups in total. The Morgan fingerprint density at radius 3 is 2.33 bits per heavy atom. The summed E-state index contributed by atoms with van der Waals surface area (Å²) in [5.74, 6) is -1.29. The number of hydrogen-bond acceptors (Lipinski definition) is 4. The summed E-state index contributed by atoms with van der Waals surface area (Å²) in [6.45, 7) is 1.45. The van der Waals surface area contributed by atoms with Gasteiger partial charge in [-0.2, -0.15) is 8.42 Å². The van der Waals surface area contributed by atoms with Crippen LogP contribution in [0.25, 0.3) is 0 Å². The van der Waals surface area contributed by atoms with Crippen molar-refractivity contribution >= 4 is 21.8 Å². The van der Waals surface area contributed by atoms with Gasteiger partial charge in [0.15, 0.2) is 0 Å². The molecule has 0 unspecified atom stereocenters. The van der Waals surface area contributed by atoms with Gasteiger partial charge in [0, 0.05) is 0 Å². The molecule has 82 valence electrons. The van der Waals surface area contributed by atoms with Crippen LogP contribution in [0.5, 0.6) is 0 Å². The first-order valence-corrected chi connectivity index (χ1v) is 5.28. The topological polar surface area (TPSA) is 118 Å². The van der Waals surface area contributed by atoms with Crippen molar-refractivity contribution in [1.82, 2.24) is 0 Å². The summed E-state index contributed by atoms with van der Waals surface area (Å²) in [6.07, 6.45) is 0. The number of rotatable bonds is 2. The largest absolute Gasteiger partial charge is 0.478 e. The molecule has 15 heavy (non-hydrogen) atoms. The molecule has 0 aliphatic carbocycles. The van der Waals surface area contributed by atoms with Crippen LogP contribution in [-0.4, -0.2) is 24.0 Å². The van der Waals surface area contributed by atoms with Gasteiger partial charge in [-0.1, -0.05) is 0 Å². The third-order valence-corrected chi connectivity index (χ3v) is 2.77. The Morgan fingerprint density at radius 1 is 1.40 bits per heavy atom. The molecule has 1 aromatic rings. The van der Waals surface area contributed by atoms with Crippen LogP contribution in [0.3, 0.4) is 0 Å². The third kappa shape index (κ3) is 2.25. The minimum Gasteiger partial charge on any atom is -0.478 e. The van der Waals surface area contributed by atoms with E-state index >= 15 is 0 Å². The minimum absolute atomic E-state index is 0.150. The highest BCUT2D eigenvalue weighted by molar-refractivity contribution is 7.86. The third-order valence-electron chi connectivity index (χ3n) is 1.87. The SMILES string of the molecule is Cc1cc(C(=O)O)cc(S(=O)(=O)O)c1N. The lowest BCUT2D eigenvalue weighted by Crippen LogP contribution is -2.08. The van der Waals surface area contributed by atoms with Gasteiger partial charge < -0.3 is 10.8 Å². The molecule has 0 bridgehead atoms. The van der Waals surface area contributed by atoms with E-state index in [0.29, 0.717) is 0 Å². The Morgan fingerprint density at radius 2 is 1.93 bits per heavy atom. The van der Waals surface area contributed by atoms with E-state index in [-0.39, 0.29) is 16.8 Å². The zero-order chi connectivity index (χ0) is 11.8. The number of nitrogen functional groups attached to an aromatic ring is 1. The monoisotopic (exact) mass is 231 g/mol. The van der Waals surface area contributed by atoms with E-state index < -0.39 is 21.0 Å². The van der Waals surface area contributed by atoms with E-state index in [1.807, 2.05) is 0 Å². The molecule has 0 radical (unpaired) electrons. The van der Waals surface area contributed by atoms with E-state index in [0.717, 1.165) is 6.07 Å². The van der Waals surface area contributed by atoms with Crippen LogP contribution in [-0.2, 0) is 10.1 Å². The number of hydrogen-bond donors (Lipinski definition) is 3. The Bertz CT molecular complexity index is 520. The highest BCUT2D eigenvalue weighted by Gasteiger charge is 2.18. The Balaban J connectivity index is 3.59. The van der Waals surface area contributed by atoms with Crippen LogP contribution in [0.4, 0.5) is 5.69 Å². The number of anilines is 1. The van der Waals surface area contributed by atoms with Gasteiger partial charge in [-0.25, -0.2) is 4.79 Å². The second kappa shape index (κ2) is 3.52. The summed E-state index contributed by atoms with van der Waals surface area (Å²) in [6, 6.07) is 2.05. The number of benzene rings is 1. The average Bonchev–Trinajstić information content (AvgIpc) is 2.06. The first kappa shape index (κ1) is 11.5. The van der Waals surface area contributed by atoms with Crippen LogP contribution in [0, 0.1) is 6.92 Å². The molecule has 0 heterocycles. The molecule has 0 spiro atoms. The number of carboxylic acids is 1. The lowest BCUT2D eigenvalue weighted by molar-refractivity contribution is 0.0696. The molecular formula is C8H9NO5S. The van der Waals surface area contributed by atoms with Crippen molar-refractivity contribution in [3.63, 3.8) is 0 Å². The molecule has 0 aliphatic rings. The molecule has 0 saturated carbocycles. The second-order valence-electron chi connectivity index (χ2n) is 2.99. The molecule has 1 rings (SSSR count). The molecule has 0 aromatic heterocycles. The van der Waals surface area contributed by atoms with Crippen LogP contribution in [0.1, 0.15) is 15.9 Å². The Hall–Kier alpha value is -1.60. The quantitative estimate of drug-likeness (QED) is 0.504. The van der Waals surface area contributed by atoms with Gasteiger partial charge in [0.2, 0.25) is 0 Å². The van der Waals surface area contributed by atoms with Gasteiger partial charge >= 0.3 is 5.97 Å². The van der Waals surface area contributed by atoms with Crippen LogP contribution < -0.4 is 5.73 Å². The van der Waals surface area contributed by atoms with Crippen molar-refractivity contribution < 1.29 is 22.9 Å². The molecule has 0 saturated heterocycles. The van der Waals surface area contributed by atoms with Gasteiger partial charge in [-0.3, -0.25) is 4.55 Å². The first-order valence-electron chi connectivity index (χ1n) is 3.84. The van der Waals surface area contributed by atoms with Crippen molar-refractivity contribution in [2.24, 2.45) is 0 Å². The zero-order valence-electron chi connectivity index (χ0n) is 7.76. The number of nitrogens with two attached hydrogens (primary N) is 1. The maximum absolute atomic E-state index is 10.9. The predicted molar refractivity (Wildman–Crippen MR) is 52.4 cm³/mol. The van der Waals surface area contributed by atoms with Gasteiger partial charge in [-0.05, 0) is 24.6 Å². The minimum atomic E-state index is -4.50. The van der Waals surface area contributed by atoms with E-state index in [4.69, 9.17) is 15.4 Å². The molecule has 0 amide bonds. The van der Waals surface area contributed by atoms with Crippen molar-refractivity contribution in [2.75, 3.05) is 5.73 Å². The van der Waals surface area contributed by atoms with Crippen LogP contribution in [0.2, 0.25) is 0 Å². The highest BCUT2D eigenvalue weighted by Crippen LogP contribution is 2.23. The highest BCUT2D eigenvalue weighted by atomic mass is 32.2. The van der Waals surface area contributed by atoms with Crippen molar-refractivity contribution in [2.45, 2.75) is 11.8 Å². The maximum atomic E-state index is 10.9. The molecule has 6 nitrogen and oxygen atoms in total. The Kier molecular flexibility index (Phi) is 2.69. The molecule has 0 fully saturated rings. The lowest BCUT2D eigenvalue weighted by Gasteiger charge is -2.07. The molecule has 1 aromatic carbocycles. The van der Waals surface area contributed by atoms with Crippen molar-refractivity contribution in [3.8, 4) is 0 Å². The summed E-state index contributed by atoms with van der Waals surface area (Å²) in [5, 5.41) is 8.67. The van der Waals surface area contributed by atoms with E-state index in [1.54, 1.807) is 0 Å². The second-order valence-corrected chi connectivity index (χ2v) is 4.38. The number of carbonyl (C=O) groups is 1. The lowest BCUT2D eigenvalue weighted by atomic mass is 10.1. The summed E-state index contributed by atoms with van der Waals surface area (Å²) in [4.78, 5) is 10.0. The van der Waals surface area contributed by atoms with Crippen molar-refractivity contribution in [3.05, 3.63) is 23.3 Å². The smallest absolute Gasteiger partial charge is 0.335 e. The number of carboxylic acid groups (broad SMARTS) is 1. The van der Waals surface area contributed by atoms with Gasteiger partial charge in [0.25, 0.3) is 10.1 Å². The Labute approximate surface area is 86.1 Å². The van der Waals surface area contributed by atoms with Gasteiger partial charge in [-0.15, -0.1) is 0 Å². The number of aromatic carboxylic acids is 1. The fourth-order valence-corrected chi connectivity index (χ4v) is 1.82. The standard InChI is InChI=1S/C8H9NO5S/c1-4-2-5(8(10)11)3-6(7(4)9)15(12,13)14/h2-3H,9H2,1H3,(H,10,11)(H,12,13,14). The molecular weight excluding hydrogens is 222 g/mol. The fraction of sp³-hybridized carbons (Fsp3) is 0.125. The van der Waals surface area contributed by atoms with E-state index in [2.05, 4.69) is 0 Å². The number of aryl methyl sites for hydroxylation is 1.